The van der Waals surface area contributed by atoms with Gasteiger partial charge in [0.25, 0.3) is 0 Å². The second-order valence-corrected chi connectivity index (χ2v) is 14.9. The van der Waals surface area contributed by atoms with Gasteiger partial charge in [-0.3, -0.25) is 6.07 Å². The van der Waals surface area contributed by atoms with Gasteiger partial charge in [0.2, 0.25) is 11.8 Å². The van der Waals surface area contributed by atoms with E-state index in [1.165, 1.54) is 11.1 Å². The Balaban J connectivity index is 0.000000392. The van der Waals surface area contributed by atoms with E-state index >= 15 is 0 Å². The fraction of sp³-hybridized carbons (Fsp3) is 0.160. The molecule has 0 saturated heterocycles. The van der Waals surface area contributed by atoms with Gasteiger partial charge in [0, 0.05) is 91.4 Å². The summed E-state index contributed by atoms with van der Waals surface area (Å²) in [5, 5.41) is 3.63. The van der Waals surface area contributed by atoms with E-state index < -0.39 is 0 Å². The normalized spacial score (nSPS) is 10.6. The zero-order valence-corrected chi connectivity index (χ0v) is 37.5. The summed E-state index contributed by atoms with van der Waals surface area (Å²) in [7, 11) is 0. The molecule has 0 spiro atoms. The molecule has 4 aromatic heterocycles. The number of ether oxygens (including phenoxy) is 2. The van der Waals surface area contributed by atoms with Crippen molar-refractivity contribution in [3.63, 3.8) is 0 Å². The summed E-state index contributed by atoms with van der Waals surface area (Å²) in [5.41, 5.74) is 3.67. The average molecular weight is 1120 g/mol. The van der Waals surface area contributed by atoms with Crippen molar-refractivity contribution in [2.24, 2.45) is 0 Å². The Kier molecular flexibility index (Phi) is 15.7. The summed E-state index contributed by atoms with van der Waals surface area (Å²) in [6, 6.07) is 49.8. The van der Waals surface area contributed by atoms with Gasteiger partial charge < -0.3 is 60.8 Å². The first-order valence-corrected chi connectivity index (χ1v) is 18.1. The fourth-order valence-electron chi connectivity index (χ4n) is 5.56. The van der Waals surface area contributed by atoms with Gasteiger partial charge in [0.15, 0.2) is 0 Å². The van der Waals surface area contributed by atoms with Crippen LogP contribution in [0.25, 0.3) is 32.7 Å². The summed E-state index contributed by atoms with van der Waals surface area (Å²) in [5.74, 6) is 2.13. The molecule has 8 aromatic rings. The molecule has 0 N–H and O–H groups in total. The van der Waals surface area contributed by atoms with E-state index in [-0.39, 0.29) is 53.0 Å². The molecule has 298 valence electrons. The van der Waals surface area contributed by atoms with Gasteiger partial charge in [-0.15, -0.1) is 29.0 Å². The Morgan fingerprint density at radius 3 is 1.19 bits per heavy atom. The summed E-state index contributed by atoms with van der Waals surface area (Å²) >= 11 is 0. The number of hydrogen-bond acceptors (Lipinski definition) is 4. The molecule has 4 aromatic carbocycles. The van der Waals surface area contributed by atoms with E-state index in [0.717, 1.165) is 21.5 Å². The van der Waals surface area contributed by atoms with Crippen molar-refractivity contribution in [3.05, 3.63) is 182 Å². The molecule has 0 unspecified atom stereocenters. The van der Waals surface area contributed by atoms with Crippen molar-refractivity contribution in [1.29, 1.82) is 0 Å². The van der Waals surface area contributed by atoms with Crippen molar-refractivity contribution in [3.8, 4) is 46.5 Å². The predicted molar refractivity (Wildman–Crippen MR) is 222 cm³/mol. The van der Waals surface area contributed by atoms with E-state index in [9.17, 15) is 0 Å². The fourth-order valence-corrected chi connectivity index (χ4v) is 5.56. The molecule has 0 saturated carbocycles. The molecular formula is C50H40N4O2Pt2-6. The van der Waals surface area contributed by atoms with Crippen molar-refractivity contribution < 1.29 is 51.6 Å². The van der Waals surface area contributed by atoms with E-state index in [1.54, 1.807) is 46.3 Å². The molecule has 0 amide bonds. The first-order valence-electron chi connectivity index (χ1n) is 18.1. The van der Waals surface area contributed by atoms with E-state index in [0.29, 0.717) is 34.4 Å². The van der Waals surface area contributed by atoms with E-state index in [4.69, 9.17) is 22.3 Å². The topological polar surface area (TPSA) is 54.1 Å². The predicted octanol–water partition coefficient (Wildman–Crippen LogP) is 11.6. The number of rotatable bonds is 5. The van der Waals surface area contributed by atoms with Gasteiger partial charge >= 0.3 is 0 Å². The van der Waals surface area contributed by atoms with Gasteiger partial charge in [-0.25, -0.2) is 32.8 Å². The van der Waals surface area contributed by atoms with Crippen LogP contribution < -0.4 is 9.47 Å². The third kappa shape index (κ3) is 11.7. The van der Waals surface area contributed by atoms with Crippen LogP contribution in [-0.2, 0) is 53.0 Å². The summed E-state index contributed by atoms with van der Waals surface area (Å²) in [6.45, 7) is 13.2. The molecule has 0 aliphatic rings. The molecule has 4 heterocycles. The second kappa shape index (κ2) is 20.2. The van der Waals surface area contributed by atoms with Crippen molar-refractivity contribution in [1.82, 2.24) is 19.1 Å². The minimum absolute atomic E-state index is 0. The maximum Gasteiger partial charge on any atom is 0.216 e. The van der Waals surface area contributed by atoms with Crippen LogP contribution in [0.1, 0.15) is 52.7 Å². The Morgan fingerprint density at radius 2 is 0.897 bits per heavy atom. The van der Waals surface area contributed by atoms with Crippen molar-refractivity contribution >= 4 is 21.5 Å². The Hall–Kier alpha value is -5.64. The largest absolute Gasteiger partial charge is 0.669 e. The Bertz CT molecular complexity index is 2430. The van der Waals surface area contributed by atoms with Crippen LogP contribution in [0.2, 0.25) is 0 Å². The molecule has 6 nitrogen and oxygen atoms in total. The first kappa shape index (κ1) is 45.1. The van der Waals surface area contributed by atoms with Crippen molar-refractivity contribution in [2.45, 2.75) is 52.4 Å². The van der Waals surface area contributed by atoms with Gasteiger partial charge in [-0.05, 0) is 58.7 Å². The van der Waals surface area contributed by atoms with E-state index in [2.05, 4.69) is 124 Å². The van der Waals surface area contributed by atoms with Crippen LogP contribution in [0.5, 0.6) is 23.3 Å². The minimum Gasteiger partial charge on any atom is -0.669 e. The Labute approximate surface area is 371 Å². The molecule has 0 aliphatic heterocycles. The summed E-state index contributed by atoms with van der Waals surface area (Å²) in [6.07, 6.45) is 23.6. The van der Waals surface area contributed by atoms with Crippen LogP contribution in [-0.4, -0.2) is 19.1 Å². The third-order valence-corrected chi connectivity index (χ3v) is 8.66. The van der Waals surface area contributed by atoms with Gasteiger partial charge in [-0.2, -0.15) is 6.07 Å². The molecule has 0 atom stereocenters. The van der Waals surface area contributed by atoms with Gasteiger partial charge in [0.05, 0.1) is 0 Å². The van der Waals surface area contributed by atoms with Crippen LogP contribution >= 0.6 is 0 Å². The molecule has 8 rings (SSSR count). The SMILES string of the molecule is CC(C)(C)c1ccc2[c-]c(-c3[c-]c(Oc4ccccn4)c4cc(C(C)(C)C)ccc4[c-]3)[c-]c(Oc3ccccn3)c2c1.[C-]#Cn1cccc1.[C-]#Cn1cccc1.[Pt].[Pt]. The number of fused-ring (bicyclic) bond motifs is 2. The second-order valence-electron chi connectivity index (χ2n) is 14.9. The maximum atomic E-state index is 6.57. The molecule has 0 aliphatic carbocycles. The van der Waals surface area contributed by atoms with Crippen LogP contribution in [0.4, 0.5) is 0 Å². The zero-order chi connectivity index (χ0) is 39.7. The number of aromatic nitrogens is 4. The molecule has 0 fully saturated rings. The van der Waals surface area contributed by atoms with Gasteiger partial charge in [0.1, 0.15) is 0 Å². The van der Waals surface area contributed by atoms with Gasteiger partial charge in [-0.1, -0.05) is 76.9 Å². The summed E-state index contributed by atoms with van der Waals surface area (Å²) < 4.78 is 15.7. The molecule has 8 heteroatoms. The summed E-state index contributed by atoms with van der Waals surface area (Å²) in [4.78, 5) is 8.78. The zero-order valence-electron chi connectivity index (χ0n) is 32.9. The smallest absolute Gasteiger partial charge is 0.216 e. The number of benzene rings is 4. The molecular weight excluding hydrogens is 1080 g/mol. The molecule has 0 bridgehead atoms. The number of nitrogens with zero attached hydrogens (tertiary/aromatic N) is 4. The quantitative estimate of drug-likeness (QED) is 0.127. The van der Waals surface area contributed by atoms with Crippen LogP contribution in [0, 0.1) is 49.2 Å². The first-order chi connectivity index (χ1) is 26.9. The number of pyridine rings is 2. The minimum atomic E-state index is -0.0291. The Morgan fingerprint density at radius 1 is 0.517 bits per heavy atom. The average Bonchev–Trinajstić information content (AvgIpc) is 3.94. The maximum absolute atomic E-state index is 6.57. The van der Waals surface area contributed by atoms with Crippen LogP contribution in [0.3, 0.4) is 0 Å². The molecule has 58 heavy (non-hydrogen) atoms. The van der Waals surface area contributed by atoms with Crippen molar-refractivity contribution in [2.75, 3.05) is 0 Å². The van der Waals surface area contributed by atoms with Crippen LogP contribution in [0.15, 0.2) is 134 Å². The molecule has 0 radical (unpaired) electrons. The number of hydrogen-bond donors (Lipinski definition) is 0. The standard InChI is InChI=1S/C38H32N2O2.2C6H4N.2Pt/c1-37(2,3)29-15-13-25-19-27(21-33(31(25)23-29)41-35-11-7-9-17-39-35)28-20-26-14-16-30(38(4,5)6)24-32(26)34(22-28)42-36-12-8-10-18-40-36;2*1-2-7-5-3-4-6-7;;/h7-18,23-24H,1-6H3;2*3-6H;;/q-4;2*-1;;. The third-order valence-electron chi connectivity index (χ3n) is 8.66. The van der Waals surface area contributed by atoms with E-state index in [1.807, 2.05) is 60.7 Å². The monoisotopic (exact) mass is 1120 g/mol.